The lowest BCUT2D eigenvalue weighted by Gasteiger charge is -2.46. The van der Waals surface area contributed by atoms with Crippen LogP contribution in [0.2, 0.25) is 0 Å². The fraction of sp³-hybridized carbons (Fsp3) is 0.600. The molecule has 1 fully saturated rings. The molecule has 0 radical (unpaired) electrons. The molecule has 0 bridgehead atoms. The molecule has 1 aliphatic rings. The van der Waals surface area contributed by atoms with E-state index in [-0.39, 0.29) is 12.0 Å². The Morgan fingerprint density at radius 1 is 0.963 bits per heavy atom. The highest BCUT2D eigenvalue weighted by Crippen LogP contribution is 2.26. The number of benzene rings is 1. The Balaban J connectivity index is 1.87. The van der Waals surface area contributed by atoms with E-state index in [1.54, 1.807) is 11.8 Å². The Labute approximate surface area is 165 Å². The summed E-state index contributed by atoms with van der Waals surface area (Å²) < 4.78 is 0. The van der Waals surface area contributed by atoms with Gasteiger partial charge in [-0.05, 0) is 23.1 Å². The minimum atomic E-state index is -1.48. The second-order valence-electron chi connectivity index (χ2n) is 7.89. The third-order valence-corrected chi connectivity index (χ3v) is 5.87. The number of piperidine rings is 1. The van der Waals surface area contributed by atoms with E-state index in [9.17, 15) is 25.5 Å². The summed E-state index contributed by atoms with van der Waals surface area (Å²) in [5.41, 5.74) is 1.42. The Hall–Kier alpha value is -0.930. The highest BCUT2D eigenvalue weighted by atomic mass is 32.2. The highest BCUT2D eigenvalue weighted by Gasteiger charge is 2.46. The Morgan fingerprint density at radius 3 is 2.15 bits per heavy atom. The fourth-order valence-electron chi connectivity index (χ4n) is 3.11. The van der Waals surface area contributed by atoms with Gasteiger partial charge in [0.15, 0.2) is 0 Å². The van der Waals surface area contributed by atoms with Crippen LogP contribution in [0.3, 0.4) is 0 Å². The third kappa shape index (κ3) is 5.54. The van der Waals surface area contributed by atoms with E-state index in [1.165, 1.54) is 10.5 Å². The van der Waals surface area contributed by atoms with Gasteiger partial charge in [-0.2, -0.15) is 0 Å². The van der Waals surface area contributed by atoms with Crippen molar-refractivity contribution in [1.29, 1.82) is 0 Å². The molecule has 0 saturated carbocycles. The van der Waals surface area contributed by atoms with Crippen LogP contribution in [0.4, 0.5) is 0 Å². The van der Waals surface area contributed by atoms with Gasteiger partial charge in [0.25, 0.3) is 0 Å². The first-order valence-corrected chi connectivity index (χ1v) is 10.1. The quantitative estimate of drug-likeness (QED) is 0.356. The summed E-state index contributed by atoms with van der Waals surface area (Å²) in [6.07, 6.45) is -1.87. The maximum absolute atomic E-state index is 10.1. The maximum Gasteiger partial charge on any atom is 0.136 e. The molecule has 0 aliphatic carbocycles. The average Bonchev–Trinajstić information content (AvgIpc) is 2.63. The molecule has 1 aliphatic heterocycles. The predicted molar refractivity (Wildman–Crippen MR) is 107 cm³/mol. The molecule has 7 heteroatoms. The van der Waals surface area contributed by atoms with Crippen molar-refractivity contribution in [2.75, 3.05) is 18.9 Å². The second-order valence-corrected chi connectivity index (χ2v) is 8.98. The van der Waals surface area contributed by atoms with Gasteiger partial charge in [0.1, 0.15) is 24.5 Å². The molecule has 0 spiro atoms. The zero-order valence-electron chi connectivity index (χ0n) is 16.1. The number of hydrogen-bond acceptors (Lipinski definition) is 7. The SMILES string of the molecule is CC(C)(C)c1ccc(SC/C=C/CN2C(O)[C@H](O)[C@@H](O)[C@H](O)[C@H]2CO)cc1. The monoisotopic (exact) mass is 397 g/mol. The summed E-state index contributed by atoms with van der Waals surface area (Å²) in [7, 11) is 0. The lowest BCUT2D eigenvalue weighted by atomic mass is 9.87. The summed E-state index contributed by atoms with van der Waals surface area (Å²) in [4.78, 5) is 2.55. The molecule has 2 rings (SSSR count). The van der Waals surface area contributed by atoms with E-state index < -0.39 is 37.2 Å². The van der Waals surface area contributed by atoms with Gasteiger partial charge in [0, 0.05) is 17.2 Å². The summed E-state index contributed by atoms with van der Waals surface area (Å²) >= 11 is 1.68. The molecule has 6 nitrogen and oxygen atoms in total. The van der Waals surface area contributed by atoms with E-state index in [1.807, 2.05) is 12.2 Å². The van der Waals surface area contributed by atoms with Crippen LogP contribution in [0.5, 0.6) is 0 Å². The fourth-order valence-corrected chi connectivity index (χ4v) is 3.86. The van der Waals surface area contributed by atoms with Gasteiger partial charge in [-0.15, -0.1) is 11.8 Å². The molecule has 27 heavy (non-hydrogen) atoms. The number of rotatable bonds is 6. The van der Waals surface area contributed by atoms with Crippen molar-refractivity contribution in [2.24, 2.45) is 0 Å². The standard InChI is InChI=1S/C20H31NO5S/c1-20(2,3)13-6-8-14(9-7-13)27-11-5-4-10-21-15(12-22)16(23)17(24)18(25)19(21)26/h4-9,15-19,22-26H,10-12H2,1-3H3/b5-4+/t15-,16-,17+,18-,19?/m1/s1. The van der Waals surface area contributed by atoms with Gasteiger partial charge < -0.3 is 25.5 Å². The molecule has 5 N–H and O–H groups in total. The zero-order valence-corrected chi connectivity index (χ0v) is 16.9. The van der Waals surface area contributed by atoms with Gasteiger partial charge in [-0.1, -0.05) is 45.1 Å². The van der Waals surface area contributed by atoms with Crippen LogP contribution in [0, 0.1) is 0 Å². The topological polar surface area (TPSA) is 104 Å². The molecule has 1 aromatic carbocycles. The van der Waals surface area contributed by atoms with Gasteiger partial charge in [-0.3, -0.25) is 4.90 Å². The number of thioether (sulfide) groups is 1. The first-order valence-electron chi connectivity index (χ1n) is 9.14. The zero-order chi connectivity index (χ0) is 20.2. The summed E-state index contributed by atoms with van der Waals surface area (Å²) in [5.74, 6) is 0.732. The van der Waals surface area contributed by atoms with Gasteiger partial charge in [0.05, 0.1) is 12.6 Å². The third-order valence-electron chi connectivity index (χ3n) is 4.90. The van der Waals surface area contributed by atoms with Crippen molar-refractivity contribution in [1.82, 2.24) is 4.90 Å². The molecule has 1 heterocycles. The van der Waals surface area contributed by atoms with Crippen LogP contribution in [-0.2, 0) is 5.41 Å². The molecule has 0 amide bonds. The molecule has 1 aromatic rings. The molecule has 152 valence electrons. The lowest BCUT2D eigenvalue weighted by molar-refractivity contribution is -0.219. The molecular weight excluding hydrogens is 366 g/mol. The minimum absolute atomic E-state index is 0.129. The van der Waals surface area contributed by atoms with Crippen molar-refractivity contribution in [2.45, 2.75) is 61.7 Å². The molecule has 1 unspecified atom stereocenters. The molecule has 1 saturated heterocycles. The van der Waals surface area contributed by atoms with Gasteiger partial charge >= 0.3 is 0 Å². The maximum atomic E-state index is 10.1. The predicted octanol–water partition coefficient (Wildman–Crippen LogP) is 0.710. The molecule has 5 atom stereocenters. The van der Waals surface area contributed by atoms with E-state index in [0.29, 0.717) is 0 Å². The first-order chi connectivity index (χ1) is 12.7. The van der Waals surface area contributed by atoms with E-state index in [4.69, 9.17) is 0 Å². The van der Waals surface area contributed by atoms with Crippen LogP contribution in [0.25, 0.3) is 0 Å². The van der Waals surface area contributed by atoms with E-state index in [0.717, 1.165) is 10.6 Å². The Morgan fingerprint density at radius 2 is 1.59 bits per heavy atom. The number of aliphatic hydroxyl groups is 5. The van der Waals surface area contributed by atoms with E-state index >= 15 is 0 Å². The Bertz CT molecular complexity index is 616. The smallest absolute Gasteiger partial charge is 0.136 e. The number of aliphatic hydroxyl groups excluding tert-OH is 5. The van der Waals surface area contributed by atoms with Crippen molar-refractivity contribution < 1.29 is 25.5 Å². The first kappa shape index (κ1) is 22.4. The number of nitrogens with zero attached hydrogens (tertiary/aromatic N) is 1. The van der Waals surface area contributed by atoms with Crippen molar-refractivity contribution in [3.63, 3.8) is 0 Å². The van der Waals surface area contributed by atoms with Crippen molar-refractivity contribution in [3.8, 4) is 0 Å². The number of hydrogen-bond donors (Lipinski definition) is 5. The molecule has 0 aromatic heterocycles. The largest absolute Gasteiger partial charge is 0.395 e. The average molecular weight is 398 g/mol. The molecular formula is C20H31NO5S. The van der Waals surface area contributed by atoms with Gasteiger partial charge in [-0.25, -0.2) is 0 Å². The van der Waals surface area contributed by atoms with Gasteiger partial charge in [0.2, 0.25) is 0 Å². The Kier molecular flexibility index (Phi) is 7.88. The van der Waals surface area contributed by atoms with Crippen molar-refractivity contribution in [3.05, 3.63) is 42.0 Å². The van der Waals surface area contributed by atoms with E-state index in [2.05, 4.69) is 45.0 Å². The van der Waals surface area contributed by atoms with Crippen LogP contribution < -0.4 is 0 Å². The van der Waals surface area contributed by atoms with Crippen LogP contribution in [0.15, 0.2) is 41.3 Å². The van der Waals surface area contributed by atoms with Crippen LogP contribution in [0.1, 0.15) is 26.3 Å². The van der Waals surface area contributed by atoms with Crippen molar-refractivity contribution >= 4 is 11.8 Å². The number of likely N-dealkylation sites (tertiary alicyclic amines) is 1. The van der Waals surface area contributed by atoms with Crippen LogP contribution in [-0.4, -0.2) is 79.9 Å². The summed E-state index contributed by atoms with van der Waals surface area (Å²) in [6.45, 7) is 6.36. The highest BCUT2D eigenvalue weighted by molar-refractivity contribution is 7.99. The summed E-state index contributed by atoms with van der Waals surface area (Å²) in [6, 6.07) is 7.64. The minimum Gasteiger partial charge on any atom is -0.395 e. The van der Waals surface area contributed by atoms with Crippen LogP contribution >= 0.6 is 11.8 Å². The lowest BCUT2D eigenvalue weighted by Crippen LogP contribution is -2.67. The summed E-state index contributed by atoms with van der Waals surface area (Å²) in [5, 5.41) is 49.1. The normalized spacial score (nSPS) is 30.1. The second kappa shape index (κ2) is 9.52.